The highest BCUT2D eigenvalue weighted by atomic mass is 35.5. The van der Waals surface area contributed by atoms with Gasteiger partial charge < -0.3 is 4.74 Å². The summed E-state index contributed by atoms with van der Waals surface area (Å²) in [5.41, 5.74) is 2.33. The number of hydrogen-bond acceptors (Lipinski definition) is 3. The van der Waals surface area contributed by atoms with Gasteiger partial charge in [-0.3, -0.25) is 9.69 Å². The minimum Gasteiger partial charge on any atom is -0.446 e. The van der Waals surface area contributed by atoms with E-state index < -0.39 is 23.9 Å². The molecule has 0 saturated heterocycles. The van der Waals surface area contributed by atoms with Gasteiger partial charge in [0.05, 0.1) is 17.0 Å². The first-order valence-electron chi connectivity index (χ1n) is 13.2. The molecule has 3 nitrogen and oxygen atoms in total. The van der Waals surface area contributed by atoms with Crippen molar-refractivity contribution in [2.24, 2.45) is 0 Å². The van der Waals surface area contributed by atoms with Crippen molar-refractivity contribution in [1.29, 1.82) is 0 Å². The van der Waals surface area contributed by atoms with Gasteiger partial charge in [-0.25, -0.2) is 0 Å². The van der Waals surface area contributed by atoms with Crippen LogP contribution in [0.25, 0.3) is 0 Å². The summed E-state index contributed by atoms with van der Waals surface area (Å²) in [6, 6.07) is 33.0. The fourth-order valence-corrected chi connectivity index (χ4v) is 5.10. The monoisotopic (exact) mass is 565 g/mol. The van der Waals surface area contributed by atoms with E-state index >= 15 is 0 Å². The van der Waals surface area contributed by atoms with E-state index in [1.807, 2.05) is 103 Å². The fourth-order valence-electron chi connectivity index (χ4n) is 4.80. The zero-order valence-electron chi connectivity index (χ0n) is 22.2. The molecule has 0 bridgehead atoms. The average molecular weight is 566 g/mol. The van der Waals surface area contributed by atoms with E-state index in [0.29, 0.717) is 18.5 Å². The highest BCUT2D eigenvalue weighted by molar-refractivity contribution is 6.32. The van der Waals surface area contributed by atoms with Gasteiger partial charge in [0, 0.05) is 19.0 Å². The lowest BCUT2D eigenvalue weighted by molar-refractivity contribution is -0.159. The summed E-state index contributed by atoms with van der Waals surface area (Å²) in [5.74, 6) is -0.539. The average Bonchev–Trinajstić information content (AvgIpc) is 2.96. The standard InChI is InChI=1S/C33H31ClF3NO2/c1-2-30(40-31(39)21-24-13-6-3-7-14-24)38(22-27-19-12-20-29(32(27)34)33(35,36)37)23-28(25-15-8-4-9-16-25)26-17-10-5-11-18-26/h3-20,28,30H,2,21-23H2,1H3. The molecule has 40 heavy (non-hydrogen) atoms. The van der Waals surface area contributed by atoms with Gasteiger partial charge in [0.2, 0.25) is 0 Å². The summed E-state index contributed by atoms with van der Waals surface area (Å²) in [4.78, 5) is 14.9. The van der Waals surface area contributed by atoms with E-state index in [9.17, 15) is 18.0 Å². The van der Waals surface area contributed by atoms with Crippen molar-refractivity contribution in [1.82, 2.24) is 4.90 Å². The van der Waals surface area contributed by atoms with Crippen LogP contribution in [0.15, 0.2) is 109 Å². The highest BCUT2D eigenvalue weighted by Crippen LogP contribution is 2.37. The maximum atomic E-state index is 13.7. The summed E-state index contributed by atoms with van der Waals surface area (Å²) in [6.45, 7) is 2.34. The molecule has 0 amide bonds. The third-order valence-electron chi connectivity index (χ3n) is 6.79. The zero-order valence-corrected chi connectivity index (χ0v) is 22.9. The maximum Gasteiger partial charge on any atom is 0.417 e. The van der Waals surface area contributed by atoms with Crippen LogP contribution in [0.4, 0.5) is 13.2 Å². The smallest absolute Gasteiger partial charge is 0.417 e. The number of alkyl halides is 3. The van der Waals surface area contributed by atoms with Crippen molar-refractivity contribution in [2.45, 2.75) is 44.6 Å². The van der Waals surface area contributed by atoms with E-state index in [2.05, 4.69) is 0 Å². The Balaban J connectivity index is 1.69. The van der Waals surface area contributed by atoms with E-state index in [4.69, 9.17) is 16.3 Å². The molecule has 0 saturated carbocycles. The minimum absolute atomic E-state index is 0.0655. The number of benzene rings is 4. The Hall–Kier alpha value is -3.61. The van der Waals surface area contributed by atoms with Gasteiger partial charge in [-0.05, 0) is 34.7 Å². The van der Waals surface area contributed by atoms with Crippen LogP contribution in [0.5, 0.6) is 0 Å². The van der Waals surface area contributed by atoms with Crippen molar-refractivity contribution in [3.8, 4) is 0 Å². The third kappa shape index (κ3) is 7.74. The molecule has 0 heterocycles. The highest BCUT2D eigenvalue weighted by Gasteiger charge is 2.34. The molecule has 208 valence electrons. The minimum atomic E-state index is -4.58. The fraction of sp³-hybridized carbons (Fsp3) is 0.242. The molecule has 1 atom stereocenters. The van der Waals surface area contributed by atoms with Crippen molar-refractivity contribution in [3.05, 3.63) is 142 Å². The number of halogens is 4. The number of nitrogens with zero attached hydrogens (tertiary/aromatic N) is 1. The van der Waals surface area contributed by atoms with E-state index in [0.717, 1.165) is 22.8 Å². The van der Waals surface area contributed by atoms with Gasteiger partial charge in [0.15, 0.2) is 6.23 Å². The van der Waals surface area contributed by atoms with Gasteiger partial charge >= 0.3 is 12.1 Å². The molecule has 0 aliphatic rings. The second kappa shape index (κ2) is 13.6. The van der Waals surface area contributed by atoms with Gasteiger partial charge in [-0.1, -0.05) is 122 Å². The molecule has 1 unspecified atom stereocenters. The Kier molecular flexibility index (Phi) is 10.0. The molecule has 4 aromatic carbocycles. The first kappa shape index (κ1) is 29.4. The van der Waals surface area contributed by atoms with Crippen molar-refractivity contribution < 1.29 is 22.7 Å². The molecule has 0 aromatic heterocycles. The van der Waals surface area contributed by atoms with Gasteiger partial charge in [-0.2, -0.15) is 13.2 Å². The molecular weight excluding hydrogens is 535 g/mol. The van der Waals surface area contributed by atoms with Crippen LogP contribution < -0.4 is 0 Å². The normalized spacial score (nSPS) is 12.5. The Morgan fingerprint density at radius 3 is 1.90 bits per heavy atom. The Morgan fingerprint density at radius 2 is 1.38 bits per heavy atom. The Morgan fingerprint density at radius 1 is 0.825 bits per heavy atom. The number of carbonyl (C=O) groups is 1. The molecule has 7 heteroatoms. The van der Waals surface area contributed by atoms with Crippen LogP contribution >= 0.6 is 11.6 Å². The first-order valence-corrected chi connectivity index (χ1v) is 13.6. The quantitative estimate of drug-likeness (QED) is 0.135. The van der Waals surface area contributed by atoms with Gasteiger partial charge in [-0.15, -0.1) is 0 Å². The van der Waals surface area contributed by atoms with Crippen molar-refractivity contribution in [2.75, 3.05) is 6.54 Å². The molecule has 0 aliphatic carbocycles. The molecule has 0 spiro atoms. The molecule has 0 aliphatic heterocycles. The molecule has 0 fully saturated rings. The third-order valence-corrected chi connectivity index (χ3v) is 7.24. The summed E-state index contributed by atoms with van der Waals surface area (Å²) in [6.07, 6.45) is -4.73. The summed E-state index contributed by atoms with van der Waals surface area (Å²) >= 11 is 6.31. The lowest BCUT2D eigenvalue weighted by Crippen LogP contribution is -2.41. The van der Waals surface area contributed by atoms with Crippen LogP contribution in [-0.2, 0) is 28.7 Å². The molecule has 0 radical (unpaired) electrons. The number of carbonyl (C=O) groups excluding carboxylic acids is 1. The first-order chi connectivity index (χ1) is 19.3. The molecule has 4 aromatic rings. The lowest BCUT2D eigenvalue weighted by atomic mass is 9.90. The Bertz CT molecular complexity index is 1330. The second-order valence-corrected chi connectivity index (χ2v) is 9.97. The van der Waals surface area contributed by atoms with E-state index in [1.165, 1.54) is 6.07 Å². The number of ether oxygens (including phenoxy) is 1. The lowest BCUT2D eigenvalue weighted by Gasteiger charge is -2.34. The predicted molar refractivity (Wildman–Crippen MR) is 152 cm³/mol. The van der Waals surface area contributed by atoms with Crippen LogP contribution in [0.1, 0.15) is 47.1 Å². The van der Waals surface area contributed by atoms with Gasteiger partial charge in [0.1, 0.15) is 0 Å². The topological polar surface area (TPSA) is 29.5 Å². The summed E-state index contributed by atoms with van der Waals surface area (Å²) < 4.78 is 46.9. The van der Waals surface area contributed by atoms with Crippen molar-refractivity contribution in [3.63, 3.8) is 0 Å². The number of esters is 1. The van der Waals surface area contributed by atoms with Crippen LogP contribution in [0, 0.1) is 0 Å². The van der Waals surface area contributed by atoms with E-state index in [-0.39, 0.29) is 23.9 Å². The SMILES string of the molecule is CCC(OC(=O)Cc1ccccc1)N(Cc1cccc(C(F)(F)F)c1Cl)CC(c1ccccc1)c1ccccc1. The summed E-state index contributed by atoms with van der Waals surface area (Å²) in [7, 11) is 0. The molecule has 0 N–H and O–H groups in total. The van der Waals surface area contributed by atoms with Crippen LogP contribution in [0.2, 0.25) is 5.02 Å². The largest absolute Gasteiger partial charge is 0.446 e. The van der Waals surface area contributed by atoms with Gasteiger partial charge in [0.25, 0.3) is 0 Å². The number of rotatable bonds is 11. The van der Waals surface area contributed by atoms with Crippen LogP contribution in [-0.4, -0.2) is 23.6 Å². The van der Waals surface area contributed by atoms with E-state index in [1.54, 1.807) is 6.07 Å². The molecular formula is C33H31ClF3NO2. The van der Waals surface area contributed by atoms with Crippen molar-refractivity contribution >= 4 is 17.6 Å². The number of hydrogen-bond donors (Lipinski definition) is 0. The second-order valence-electron chi connectivity index (χ2n) is 9.59. The Labute approximate surface area is 238 Å². The zero-order chi connectivity index (χ0) is 28.5. The molecule has 4 rings (SSSR count). The predicted octanol–water partition coefficient (Wildman–Crippen LogP) is 8.51. The maximum absolute atomic E-state index is 13.7. The summed E-state index contributed by atoms with van der Waals surface area (Å²) in [5, 5.41) is -0.346. The van der Waals surface area contributed by atoms with Crippen LogP contribution in [0.3, 0.4) is 0 Å².